The molecule has 0 atom stereocenters. The zero-order valence-corrected chi connectivity index (χ0v) is 11.9. The number of fused-ring (bicyclic) bond motifs is 1. The van der Waals surface area contributed by atoms with Crippen LogP contribution in [0.5, 0.6) is 11.5 Å². The lowest BCUT2D eigenvalue weighted by molar-refractivity contribution is 0.170. The summed E-state index contributed by atoms with van der Waals surface area (Å²) < 4.78 is 11.3. The Labute approximate surface area is 122 Å². The summed E-state index contributed by atoms with van der Waals surface area (Å²) in [5.41, 5.74) is 2.96. The largest absolute Gasteiger partial charge is 0.486 e. The Morgan fingerprint density at radius 2 is 2.10 bits per heavy atom. The molecule has 0 saturated carbocycles. The number of nitrogens with one attached hydrogen (secondary N) is 1. The SMILES string of the molecule is Cc1ccnc(Cl)c1NCc1cccc2c1OCCO2. The van der Waals surface area contributed by atoms with Gasteiger partial charge in [0.05, 0.1) is 5.69 Å². The Kier molecular flexibility index (Phi) is 3.65. The number of anilines is 1. The van der Waals surface area contributed by atoms with Gasteiger partial charge in [0.2, 0.25) is 0 Å². The fourth-order valence-corrected chi connectivity index (χ4v) is 2.47. The van der Waals surface area contributed by atoms with Crippen molar-refractivity contribution >= 4 is 17.3 Å². The standard InChI is InChI=1S/C15H15ClN2O2/c1-10-5-6-17-15(16)13(10)18-9-11-3-2-4-12-14(11)20-8-7-19-12/h2-6,18H,7-9H2,1H3. The summed E-state index contributed by atoms with van der Waals surface area (Å²) in [5.74, 6) is 1.61. The first kappa shape index (κ1) is 13.1. The van der Waals surface area contributed by atoms with Gasteiger partial charge in [-0.25, -0.2) is 4.98 Å². The van der Waals surface area contributed by atoms with Crippen LogP contribution in [0.2, 0.25) is 5.15 Å². The van der Waals surface area contributed by atoms with E-state index >= 15 is 0 Å². The molecule has 4 nitrogen and oxygen atoms in total. The average molecular weight is 291 g/mol. The Bertz CT molecular complexity index is 611. The fourth-order valence-electron chi connectivity index (χ4n) is 2.19. The molecule has 0 bridgehead atoms. The molecule has 0 aliphatic carbocycles. The van der Waals surface area contributed by atoms with E-state index in [1.807, 2.05) is 31.2 Å². The maximum Gasteiger partial charge on any atom is 0.166 e. The van der Waals surface area contributed by atoms with Crippen LogP contribution < -0.4 is 14.8 Å². The molecule has 20 heavy (non-hydrogen) atoms. The maximum atomic E-state index is 6.11. The topological polar surface area (TPSA) is 43.4 Å². The third kappa shape index (κ3) is 2.51. The highest BCUT2D eigenvalue weighted by Gasteiger charge is 2.15. The smallest absolute Gasteiger partial charge is 0.166 e. The summed E-state index contributed by atoms with van der Waals surface area (Å²) in [5, 5.41) is 3.80. The van der Waals surface area contributed by atoms with E-state index in [1.165, 1.54) is 0 Å². The number of hydrogen-bond donors (Lipinski definition) is 1. The molecule has 1 aromatic heterocycles. The van der Waals surface area contributed by atoms with E-state index in [1.54, 1.807) is 6.20 Å². The number of aryl methyl sites for hydroxylation is 1. The van der Waals surface area contributed by atoms with Crippen molar-refractivity contribution in [1.29, 1.82) is 0 Å². The van der Waals surface area contributed by atoms with Gasteiger partial charge in [0.25, 0.3) is 0 Å². The Morgan fingerprint density at radius 1 is 1.25 bits per heavy atom. The van der Waals surface area contributed by atoms with Crippen LogP contribution >= 0.6 is 11.6 Å². The quantitative estimate of drug-likeness (QED) is 0.880. The number of pyridine rings is 1. The number of hydrogen-bond acceptors (Lipinski definition) is 4. The minimum atomic E-state index is 0.479. The van der Waals surface area contributed by atoms with Crippen molar-refractivity contribution < 1.29 is 9.47 Å². The van der Waals surface area contributed by atoms with Crippen LogP contribution in [-0.2, 0) is 6.54 Å². The molecule has 0 spiro atoms. The molecule has 3 rings (SSSR count). The summed E-state index contributed by atoms with van der Waals surface area (Å²) in [6.07, 6.45) is 1.70. The highest BCUT2D eigenvalue weighted by molar-refractivity contribution is 6.32. The molecule has 1 aromatic carbocycles. The minimum Gasteiger partial charge on any atom is -0.486 e. The average Bonchev–Trinajstić information content (AvgIpc) is 2.47. The molecule has 2 aromatic rings. The van der Waals surface area contributed by atoms with E-state index < -0.39 is 0 Å². The number of nitrogens with zero attached hydrogens (tertiary/aromatic N) is 1. The van der Waals surface area contributed by atoms with Gasteiger partial charge in [0, 0.05) is 18.3 Å². The van der Waals surface area contributed by atoms with Crippen molar-refractivity contribution in [2.45, 2.75) is 13.5 Å². The van der Waals surface area contributed by atoms with E-state index in [-0.39, 0.29) is 0 Å². The van der Waals surface area contributed by atoms with Gasteiger partial charge in [-0.05, 0) is 24.6 Å². The predicted octanol–water partition coefficient (Wildman–Crippen LogP) is 3.43. The summed E-state index contributed by atoms with van der Waals surface area (Å²) in [7, 11) is 0. The highest BCUT2D eigenvalue weighted by atomic mass is 35.5. The van der Waals surface area contributed by atoms with Crippen LogP contribution in [0, 0.1) is 6.92 Å². The molecule has 0 unspecified atom stereocenters. The third-order valence-corrected chi connectivity index (χ3v) is 3.50. The van der Waals surface area contributed by atoms with Gasteiger partial charge in [-0.15, -0.1) is 0 Å². The summed E-state index contributed by atoms with van der Waals surface area (Å²) >= 11 is 6.11. The van der Waals surface area contributed by atoms with Crippen LogP contribution in [0.1, 0.15) is 11.1 Å². The summed E-state index contributed by atoms with van der Waals surface area (Å²) in [4.78, 5) is 4.09. The second kappa shape index (κ2) is 5.59. The summed E-state index contributed by atoms with van der Waals surface area (Å²) in [6, 6.07) is 7.82. The molecule has 104 valence electrons. The molecule has 1 aliphatic heterocycles. The molecule has 0 saturated heterocycles. The molecule has 0 radical (unpaired) electrons. The van der Waals surface area contributed by atoms with Crippen molar-refractivity contribution in [2.75, 3.05) is 18.5 Å². The van der Waals surface area contributed by atoms with Gasteiger partial charge in [-0.3, -0.25) is 0 Å². The zero-order chi connectivity index (χ0) is 13.9. The van der Waals surface area contributed by atoms with Crippen LogP contribution in [0.15, 0.2) is 30.5 Å². The fraction of sp³-hybridized carbons (Fsp3) is 0.267. The molecule has 2 heterocycles. The molecule has 0 amide bonds. The Hall–Kier alpha value is -1.94. The van der Waals surface area contributed by atoms with E-state index in [4.69, 9.17) is 21.1 Å². The van der Waals surface area contributed by atoms with Gasteiger partial charge in [0.15, 0.2) is 16.7 Å². The molecule has 1 N–H and O–H groups in total. The number of para-hydroxylation sites is 1. The molecule has 0 fully saturated rings. The van der Waals surface area contributed by atoms with E-state index in [0.717, 1.165) is 28.3 Å². The van der Waals surface area contributed by atoms with Crippen LogP contribution in [0.3, 0.4) is 0 Å². The maximum absolute atomic E-state index is 6.11. The van der Waals surface area contributed by atoms with Crippen molar-refractivity contribution in [1.82, 2.24) is 4.98 Å². The van der Waals surface area contributed by atoms with Gasteiger partial charge in [-0.2, -0.15) is 0 Å². The first-order valence-corrected chi connectivity index (χ1v) is 6.86. The van der Waals surface area contributed by atoms with Crippen LogP contribution in [0.25, 0.3) is 0 Å². The van der Waals surface area contributed by atoms with Gasteiger partial charge in [0.1, 0.15) is 13.2 Å². The number of rotatable bonds is 3. The van der Waals surface area contributed by atoms with Crippen LogP contribution in [0.4, 0.5) is 5.69 Å². The van der Waals surface area contributed by atoms with Crippen molar-refractivity contribution in [3.63, 3.8) is 0 Å². The minimum absolute atomic E-state index is 0.479. The number of aromatic nitrogens is 1. The molecule has 1 aliphatic rings. The predicted molar refractivity (Wildman–Crippen MR) is 78.7 cm³/mol. The first-order chi connectivity index (χ1) is 9.75. The second-order valence-electron chi connectivity index (χ2n) is 4.59. The van der Waals surface area contributed by atoms with Crippen LogP contribution in [-0.4, -0.2) is 18.2 Å². The molecular formula is C15H15ClN2O2. The van der Waals surface area contributed by atoms with E-state index in [0.29, 0.717) is 24.9 Å². The van der Waals surface area contributed by atoms with Crippen molar-refractivity contribution in [3.05, 3.63) is 46.7 Å². The first-order valence-electron chi connectivity index (χ1n) is 6.48. The molecular weight excluding hydrogens is 276 g/mol. The zero-order valence-electron chi connectivity index (χ0n) is 11.1. The van der Waals surface area contributed by atoms with Gasteiger partial charge >= 0.3 is 0 Å². The molecule has 5 heteroatoms. The van der Waals surface area contributed by atoms with E-state index in [2.05, 4.69) is 10.3 Å². The number of ether oxygens (including phenoxy) is 2. The lowest BCUT2D eigenvalue weighted by atomic mass is 10.1. The van der Waals surface area contributed by atoms with Gasteiger partial charge in [-0.1, -0.05) is 23.7 Å². The Morgan fingerprint density at radius 3 is 2.95 bits per heavy atom. The third-order valence-electron chi connectivity index (χ3n) is 3.22. The van der Waals surface area contributed by atoms with Crippen molar-refractivity contribution in [2.24, 2.45) is 0 Å². The van der Waals surface area contributed by atoms with Crippen molar-refractivity contribution in [3.8, 4) is 11.5 Å². The number of benzene rings is 1. The van der Waals surface area contributed by atoms with Gasteiger partial charge < -0.3 is 14.8 Å². The highest BCUT2D eigenvalue weighted by Crippen LogP contribution is 2.34. The lowest BCUT2D eigenvalue weighted by Gasteiger charge is -2.21. The summed E-state index contributed by atoms with van der Waals surface area (Å²) in [6.45, 7) is 3.78. The lowest BCUT2D eigenvalue weighted by Crippen LogP contribution is -2.17. The normalized spacial score (nSPS) is 13.1. The monoisotopic (exact) mass is 290 g/mol. The second-order valence-corrected chi connectivity index (χ2v) is 4.95. The number of halogens is 1. The van der Waals surface area contributed by atoms with E-state index in [9.17, 15) is 0 Å². The Balaban J connectivity index is 1.82.